The Morgan fingerprint density at radius 2 is 2.21 bits per heavy atom. The second kappa shape index (κ2) is 5.32. The first-order valence-electron chi connectivity index (χ1n) is 5.23. The largest absolute Gasteiger partial charge is 0.479 e. The van der Waals surface area contributed by atoms with Crippen molar-refractivity contribution in [2.45, 2.75) is 44.8 Å². The summed E-state index contributed by atoms with van der Waals surface area (Å²) in [7, 11) is 0. The highest BCUT2D eigenvalue weighted by atomic mass is 16.5. The van der Waals surface area contributed by atoms with E-state index in [0.29, 0.717) is 12.5 Å². The molecule has 3 N–H and O–H groups in total. The van der Waals surface area contributed by atoms with Crippen molar-refractivity contribution in [1.29, 1.82) is 0 Å². The molecule has 1 aliphatic rings. The molecule has 4 heteroatoms. The van der Waals surface area contributed by atoms with Crippen molar-refractivity contribution in [3.05, 3.63) is 0 Å². The minimum Gasteiger partial charge on any atom is -0.479 e. The van der Waals surface area contributed by atoms with Crippen molar-refractivity contribution in [2.75, 3.05) is 6.54 Å². The highest BCUT2D eigenvalue weighted by molar-refractivity contribution is 5.71. The fraction of sp³-hybridized carbons (Fsp3) is 0.900. The van der Waals surface area contributed by atoms with Crippen molar-refractivity contribution < 1.29 is 14.6 Å². The Balaban J connectivity index is 2.44. The SMILES string of the molecule is CC(OC1CCCCC1CN)C(=O)O. The van der Waals surface area contributed by atoms with Gasteiger partial charge in [-0.25, -0.2) is 4.79 Å². The van der Waals surface area contributed by atoms with E-state index in [-0.39, 0.29) is 6.10 Å². The van der Waals surface area contributed by atoms with Gasteiger partial charge in [-0.1, -0.05) is 12.8 Å². The molecule has 0 bridgehead atoms. The Labute approximate surface area is 84.4 Å². The van der Waals surface area contributed by atoms with Crippen LogP contribution in [0.2, 0.25) is 0 Å². The van der Waals surface area contributed by atoms with E-state index in [9.17, 15) is 4.79 Å². The molecule has 14 heavy (non-hydrogen) atoms. The average molecular weight is 201 g/mol. The van der Waals surface area contributed by atoms with Gasteiger partial charge >= 0.3 is 5.97 Å². The summed E-state index contributed by atoms with van der Waals surface area (Å²) in [5.74, 6) is -0.558. The van der Waals surface area contributed by atoms with E-state index in [0.717, 1.165) is 19.3 Å². The van der Waals surface area contributed by atoms with Crippen molar-refractivity contribution in [2.24, 2.45) is 11.7 Å². The van der Waals surface area contributed by atoms with Crippen LogP contribution in [0, 0.1) is 5.92 Å². The molecule has 0 aromatic rings. The molecular formula is C10H19NO3. The van der Waals surface area contributed by atoms with E-state index in [1.54, 1.807) is 6.92 Å². The molecule has 1 aliphatic carbocycles. The van der Waals surface area contributed by atoms with Crippen LogP contribution in [-0.4, -0.2) is 29.8 Å². The summed E-state index contributed by atoms with van der Waals surface area (Å²) < 4.78 is 5.48. The lowest BCUT2D eigenvalue weighted by molar-refractivity contribution is -0.156. The second-order valence-electron chi connectivity index (χ2n) is 3.94. The Morgan fingerprint density at radius 3 is 2.79 bits per heavy atom. The molecule has 0 aromatic carbocycles. The molecule has 3 unspecified atom stereocenters. The topological polar surface area (TPSA) is 72.5 Å². The van der Waals surface area contributed by atoms with E-state index in [4.69, 9.17) is 15.6 Å². The summed E-state index contributed by atoms with van der Waals surface area (Å²) >= 11 is 0. The quantitative estimate of drug-likeness (QED) is 0.711. The summed E-state index contributed by atoms with van der Waals surface area (Å²) in [6, 6.07) is 0. The lowest BCUT2D eigenvalue weighted by atomic mass is 9.86. The van der Waals surface area contributed by atoms with Gasteiger partial charge in [0, 0.05) is 0 Å². The van der Waals surface area contributed by atoms with Crippen molar-refractivity contribution in [3.8, 4) is 0 Å². The van der Waals surface area contributed by atoms with E-state index >= 15 is 0 Å². The summed E-state index contributed by atoms with van der Waals surface area (Å²) in [4.78, 5) is 10.6. The van der Waals surface area contributed by atoms with Gasteiger partial charge in [-0.3, -0.25) is 0 Å². The van der Waals surface area contributed by atoms with Gasteiger partial charge in [0.25, 0.3) is 0 Å². The number of hydrogen-bond donors (Lipinski definition) is 2. The molecule has 0 aromatic heterocycles. The molecule has 4 nitrogen and oxygen atoms in total. The lowest BCUT2D eigenvalue weighted by Crippen LogP contribution is -2.37. The van der Waals surface area contributed by atoms with Gasteiger partial charge in [-0.05, 0) is 32.2 Å². The maximum absolute atomic E-state index is 10.6. The minimum absolute atomic E-state index is 0.0415. The van der Waals surface area contributed by atoms with Crippen LogP contribution in [0.15, 0.2) is 0 Å². The zero-order valence-electron chi connectivity index (χ0n) is 8.61. The van der Waals surface area contributed by atoms with Gasteiger partial charge in [0.15, 0.2) is 6.10 Å². The molecule has 3 atom stereocenters. The molecular weight excluding hydrogens is 182 g/mol. The first-order valence-corrected chi connectivity index (χ1v) is 5.23. The van der Waals surface area contributed by atoms with E-state index < -0.39 is 12.1 Å². The van der Waals surface area contributed by atoms with Gasteiger partial charge in [0.1, 0.15) is 0 Å². The van der Waals surface area contributed by atoms with Crippen LogP contribution in [0.1, 0.15) is 32.6 Å². The maximum atomic E-state index is 10.6. The highest BCUT2D eigenvalue weighted by Crippen LogP contribution is 2.26. The van der Waals surface area contributed by atoms with Crippen molar-refractivity contribution in [3.63, 3.8) is 0 Å². The van der Waals surface area contributed by atoms with E-state index in [1.807, 2.05) is 0 Å². The van der Waals surface area contributed by atoms with Crippen molar-refractivity contribution in [1.82, 2.24) is 0 Å². The fourth-order valence-electron chi connectivity index (χ4n) is 1.94. The third-order valence-electron chi connectivity index (χ3n) is 2.87. The first-order chi connectivity index (χ1) is 6.65. The minimum atomic E-state index is -0.897. The zero-order valence-corrected chi connectivity index (χ0v) is 8.61. The number of carboxylic acid groups (broad SMARTS) is 1. The third-order valence-corrected chi connectivity index (χ3v) is 2.87. The molecule has 0 spiro atoms. The summed E-state index contributed by atoms with van der Waals surface area (Å²) in [5.41, 5.74) is 5.62. The molecule has 0 saturated heterocycles. The number of carboxylic acids is 1. The fourth-order valence-corrected chi connectivity index (χ4v) is 1.94. The van der Waals surface area contributed by atoms with Gasteiger partial charge < -0.3 is 15.6 Å². The first kappa shape index (κ1) is 11.5. The normalized spacial score (nSPS) is 29.9. The number of carbonyl (C=O) groups is 1. The maximum Gasteiger partial charge on any atom is 0.332 e. The van der Waals surface area contributed by atoms with E-state index in [1.165, 1.54) is 6.42 Å². The zero-order chi connectivity index (χ0) is 10.6. The number of hydrogen-bond acceptors (Lipinski definition) is 3. The Morgan fingerprint density at radius 1 is 1.57 bits per heavy atom. The molecule has 0 heterocycles. The van der Waals surface area contributed by atoms with Gasteiger partial charge in [0.2, 0.25) is 0 Å². The van der Waals surface area contributed by atoms with E-state index in [2.05, 4.69) is 0 Å². The van der Waals surface area contributed by atoms with Gasteiger partial charge in [-0.2, -0.15) is 0 Å². The second-order valence-corrected chi connectivity index (χ2v) is 3.94. The van der Waals surface area contributed by atoms with Crippen LogP contribution in [0.5, 0.6) is 0 Å². The summed E-state index contributed by atoms with van der Waals surface area (Å²) in [6.07, 6.45) is 3.64. The molecule has 82 valence electrons. The van der Waals surface area contributed by atoms with Crippen LogP contribution < -0.4 is 5.73 Å². The lowest BCUT2D eigenvalue weighted by Gasteiger charge is -2.31. The number of nitrogens with two attached hydrogens (primary N) is 1. The molecule has 0 radical (unpaired) electrons. The Hall–Kier alpha value is -0.610. The molecule has 1 rings (SSSR count). The van der Waals surface area contributed by atoms with Crippen molar-refractivity contribution >= 4 is 5.97 Å². The molecule has 1 saturated carbocycles. The summed E-state index contributed by atoms with van der Waals surface area (Å²) in [5, 5.41) is 8.72. The Bertz CT molecular complexity index is 196. The van der Waals surface area contributed by atoms with Crippen LogP contribution in [0.4, 0.5) is 0 Å². The standard InChI is InChI=1S/C10H19NO3/c1-7(10(12)13)14-9-5-3-2-4-8(9)6-11/h7-9H,2-6,11H2,1H3,(H,12,13). The number of aliphatic carboxylic acids is 1. The predicted molar refractivity (Wildman–Crippen MR) is 53.0 cm³/mol. The number of ether oxygens (including phenoxy) is 1. The molecule has 0 amide bonds. The average Bonchev–Trinajstić information content (AvgIpc) is 2.18. The van der Waals surface area contributed by atoms with Crippen LogP contribution in [0.3, 0.4) is 0 Å². The Kier molecular flexibility index (Phi) is 4.35. The predicted octanol–water partition coefficient (Wildman–Crippen LogP) is 0.994. The van der Waals surface area contributed by atoms with Gasteiger partial charge in [0.05, 0.1) is 6.10 Å². The molecule has 0 aliphatic heterocycles. The van der Waals surface area contributed by atoms with Crippen LogP contribution in [-0.2, 0) is 9.53 Å². The highest BCUT2D eigenvalue weighted by Gasteiger charge is 2.27. The summed E-state index contributed by atoms with van der Waals surface area (Å²) in [6.45, 7) is 2.17. The van der Waals surface area contributed by atoms with Crippen LogP contribution in [0.25, 0.3) is 0 Å². The number of rotatable bonds is 4. The smallest absolute Gasteiger partial charge is 0.332 e. The van der Waals surface area contributed by atoms with Gasteiger partial charge in [-0.15, -0.1) is 0 Å². The monoisotopic (exact) mass is 201 g/mol. The van der Waals surface area contributed by atoms with Crippen LogP contribution >= 0.6 is 0 Å². The molecule has 1 fully saturated rings. The third kappa shape index (κ3) is 2.96.